The van der Waals surface area contributed by atoms with Gasteiger partial charge in [0.05, 0.1) is 5.92 Å². The lowest BCUT2D eigenvalue weighted by atomic mass is 9.97. The van der Waals surface area contributed by atoms with Crippen LogP contribution in [0.25, 0.3) is 5.82 Å². The first-order valence-electron chi connectivity index (χ1n) is 9.25. The first kappa shape index (κ1) is 18.6. The minimum Gasteiger partial charge on any atom is -0.354 e. The van der Waals surface area contributed by atoms with E-state index in [1.165, 1.54) is 0 Å². The quantitative estimate of drug-likeness (QED) is 0.670. The highest BCUT2D eigenvalue weighted by Gasteiger charge is 2.27. The number of nitrogens with zero attached hydrogens (tertiary/aromatic N) is 5. The summed E-state index contributed by atoms with van der Waals surface area (Å²) in [6.45, 7) is 3.44. The summed E-state index contributed by atoms with van der Waals surface area (Å²) in [5.74, 6) is 2.36. The van der Waals surface area contributed by atoms with Gasteiger partial charge in [0.15, 0.2) is 11.6 Å². The first-order chi connectivity index (χ1) is 13.6. The van der Waals surface area contributed by atoms with Crippen LogP contribution in [0.1, 0.15) is 18.7 Å². The van der Waals surface area contributed by atoms with Crippen molar-refractivity contribution in [2.24, 2.45) is 5.92 Å². The number of aromatic nitrogens is 4. The smallest absolute Gasteiger partial charge is 0.229 e. The molecule has 1 fully saturated rings. The van der Waals surface area contributed by atoms with Gasteiger partial charge in [0.1, 0.15) is 5.82 Å². The van der Waals surface area contributed by atoms with Crippen molar-refractivity contribution < 1.29 is 4.79 Å². The van der Waals surface area contributed by atoms with Crippen molar-refractivity contribution in [3.8, 4) is 5.82 Å². The molecule has 1 amide bonds. The maximum atomic E-state index is 12.7. The van der Waals surface area contributed by atoms with E-state index in [1.807, 2.05) is 54.1 Å². The number of halogens is 1. The number of hydrogen-bond acceptors (Lipinski definition) is 5. The molecule has 0 radical (unpaired) electrons. The van der Waals surface area contributed by atoms with Crippen LogP contribution in [-0.4, -0.2) is 38.7 Å². The predicted octanol–water partition coefficient (Wildman–Crippen LogP) is 3.59. The zero-order valence-electron chi connectivity index (χ0n) is 15.5. The van der Waals surface area contributed by atoms with Gasteiger partial charge in [-0.25, -0.2) is 4.98 Å². The van der Waals surface area contributed by atoms with Gasteiger partial charge in [-0.1, -0.05) is 22.0 Å². The molecular formula is C20H21BrN6O. The minimum atomic E-state index is -0.0786. The fourth-order valence-corrected chi connectivity index (χ4v) is 3.84. The molecule has 1 aromatic carbocycles. The lowest BCUT2D eigenvalue weighted by molar-refractivity contribution is -0.120. The highest BCUT2D eigenvalue weighted by atomic mass is 79.9. The molecule has 7 nitrogen and oxygen atoms in total. The fourth-order valence-electron chi connectivity index (χ4n) is 3.45. The highest BCUT2D eigenvalue weighted by Crippen LogP contribution is 2.24. The molecule has 4 rings (SSSR count). The molecule has 0 bridgehead atoms. The molecule has 8 heteroatoms. The van der Waals surface area contributed by atoms with Gasteiger partial charge in [-0.3, -0.25) is 9.36 Å². The Balaban J connectivity index is 1.43. The minimum absolute atomic E-state index is 0.0430. The largest absolute Gasteiger partial charge is 0.354 e. The molecule has 1 atom stereocenters. The Morgan fingerprint density at radius 1 is 1.21 bits per heavy atom. The van der Waals surface area contributed by atoms with Crippen LogP contribution in [0.2, 0.25) is 0 Å². The van der Waals surface area contributed by atoms with Crippen LogP contribution in [0.4, 0.5) is 11.5 Å². The second-order valence-electron chi connectivity index (χ2n) is 6.88. The van der Waals surface area contributed by atoms with Gasteiger partial charge >= 0.3 is 0 Å². The number of rotatable bonds is 4. The molecule has 3 heterocycles. The van der Waals surface area contributed by atoms with Crippen LogP contribution in [-0.2, 0) is 4.79 Å². The molecule has 28 heavy (non-hydrogen) atoms. The van der Waals surface area contributed by atoms with Gasteiger partial charge in [0, 0.05) is 35.6 Å². The number of carbonyl (C=O) groups excluding carboxylic acids is 1. The number of hydrogen-bond donors (Lipinski definition) is 1. The molecule has 2 aromatic heterocycles. The Morgan fingerprint density at radius 2 is 2.04 bits per heavy atom. The molecule has 1 unspecified atom stereocenters. The first-order valence-corrected chi connectivity index (χ1v) is 10.0. The van der Waals surface area contributed by atoms with Crippen molar-refractivity contribution in [3.63, 3.8) is 0 Å². The third kappa shape index (κ3) is 4.06. The number of anilines is 2. The monoisotopic (exact) mass is 440 g/mol. The van der Waals surface area contributed by atoms with Crippen molar-refractivity contribution in [2.75, 3.05) is 23.3 Å². The zero-order valence-corrected chi connectivity index (χ0v) is 17.1. The molecule has 3 aromatic rings. The number of piperidine rings is 1. The fraction of sp³-hybridized carbons (Fsp3) is 0.300. The van der Waals surface area contributed by atoms with Crippen LogP contribution in [0.5, 0.6) is 0 Å². The van der Waals surface area contributed by atoms with Crippen molar-refractivity contribution in [1.29, 1.82) is 0 Å². The topological polar surface area (TPSA) is 75.9 Å². The van der Waals surface area contributed by atoms with Gasteiger partial charge in [0.25, 0.3) is 0 Å². The lowest BCUT2D eigenvalue weighted by Gasteiger charge is -2.32. The van der Waals surface area contributed by atoms with E-state index in [2.05, 4.69) is 41.3 Å². The van der Waals surface area contributed by atoms with Gasteiger partial charge in [0.2, 0.25) is 5.91 Å². The SMILES string of the molecule is Cc1nccn1-c1ccc(N2CCCC(C(=O)Nc3cccc(Br)c3)C2)nn1. The van der Waals surface area contributed by atoms with Crippen molar-refractivity contribution in [2.45, 2.75) is 19.8 Å². The van der Waals surface area contributed by atoms with Crippen molar-refractivity contribution in [1.82, 2.24) is 19.7 Å². The predicted molar refractivity (Wildman–Crippen MR) is 112 cm³/mol. The Morgan fingerprint density at radius 3 is 2.75 bits per heavy atom. The summed E-state index contributed by atoms with van der Waals surface area (Å²) in [6, 6.07) is 11.5. The summed E-state index contributed by atoms with van der Waals surface area (Å²) >= 11 is 3.43. The summed E-state index contributed by atoms with van der Waals surface area (Å²) < 4.78 is 2.83. The Labute approximate surface area is 171 Å². The molecule has 0 spiro atoms. The number of benzene rings is 1. The third-order valence-corrected chi connectivity index (χ3v) is 5.41. The molecular weight excluding hydrogens is 420 g/mol. The van der Waals surface area contributed by atoms with Crippen LogP contribution in [0, 0.1) is 12.8 Å². The standard InChI is InChI=1S/C20H21BrN6O/c1-14-22-9-11-27(14)19-8-7-18(24-25-19)26-10-3-4-15(13-26)20(28)23-17-6-2-5-16(21)12-17/h2,5-9,11-12,15H,3-4,10,13H2,1H3,(H,23,28). The van der Waals surface area contributed by atoms with Crippen LogP contribution in [0.3, 0.4) is 0 Å². The van der Waals surface area contributed by atoms with E-state index in [4.69, 9.17) is 0 Å². The van der Waals surface area contributed by atoms with Gasteiger partial charge in [-0.2, -0.15) is 0 Å². The van der Waals surface area contributed by atoms with Crippen LogP contribution >= 0.6 is 15.9 Å². The molecule has 1 N–H and O–H groups in total. The average Bonchev–Trinajstić information content (AvgIpc) is 3.14. The third-order valence-electron chi connectivity index (χ3n) is 4.92. The number of amides is 1. The summed E-state index contributed by atoms with van der Waals surface area (Å²) in [4.78, 5) is 19.0. The zero-order chi connectivity index (χ0) is 19.5. The average molecular weight is 441 g/mol. The number of aryl methyl sites for hydroxylation is 1. The van der Waals surface area contributed by atoms with Gasteiger partial charge < -0.3 is 10.2 Å². The Hall–Kier alpha value is -2.74. The van der Waals surface area contributed by atoms with Crippen molar-refractivity contribution in [3.05, 3.63) is 59.1 Å². The second kappa shape index (κ2) is 8.10. The Kier molecular flexibility index (Phi) is 5.38. The van der Waals surface area contributed by atoms with E-state index in [0.29, 0.717) is 6.54 Å². The van der Waals surface area contributed by atoms with E-state index in [0.717, 1.165) is 47.0 Å². The van der Waals surface area contributed by atoms with Gasteiger partial charge in [-0.15, -0.1) is 10.2 Å². The molecule has 0 saturated carbocycles. The number of carbonyl (C=O) groups is 1. The normalized spacial score (nSPS) is 16.8. The Bertz CT molecular complexity index is 971. The second-order valence-corrected chi connectivity index (χ2v) is 7.79. The van der Waals surface area contributed by atoms with E-state index in [-0.39, 0.29) is 11.8 Å². The summed E-state index contributed by atoms with van der Waals surface area (Å²) in [6.07, 6.45) is 5.42. The molecule has 1 saturated heterocycles. The van der Waals surface area contributed by atoms with E-state index < -0.39 is 0 Å². The number of nitrogens with one attached hydrogen (secondary N) is 1. The van der Waals surface area contributed by atoms with Crippen LogP contribution in [0.15, 0.2) is 53.3 Å². The highest BCUT2D eigenvalue weighted by molar-refractivity contribution is 9.10. The molecule has 144 valence electrons. The molecule has 1 aliphatic heterocycles. The van der Waals surface area contributed by atoms with Crippen LogP contribution < -0.4 is 10.2 Å². The molecule has 1 aliphatic rings. The number of imidazole rings is 1. The maximum absolute atomic E-state index is 12.7. The summed E-state index contributed by atoms with van der Waals surface area (Å²) in [5.41, 5.74) is 0.802. The van der Waals surface area contributed by atoms with Gasteiger partial charge in [-0.05, 0) is 50.1 Å². The van der Waals surface area contributed by atoms with Crippen molar-refractivity contribution >= 4 is 33.3 Å². The van der Waals surface area contributed by atoms with E-state index in [1.54, 1.807) is 6.20 Å². The summed E-state index contributed by atoms with van der Waals surface area (Å²) in [5, 5.41) is 11.7. The van der Waals surface area contributed by atoms with E-state index >= 15 is 0 Å². The maximum Gasteiger partial charge on any atom is 0.229 e. The summed E-state index contributed by atoms with van der Waals surface area (Å²) in [7, 11) is 0. The molecule has 0 aliphatic carbocycles. The lowest BCUT2D eigenvalue weighted by Crippen LogP contribution is -2.41. The van der Waals surface area contributed by atoms with E-state index in [9.17, 15) is 4.79 Å².